The van der Waals surface area contributed by atoms with Crippen LogP contribution in [0, 0.1) is 11.3 Å². The number of carboxylic acids is 1. The lowest BCUT2D eigenvalue weighted by molar-refractivity contribution is -0.149. The first kappa shape index (κ1) is 17.5. The average Bonchev–Trinajstić information content (AvgIpc) is 3.26. The highest BCUT2D eigenvalue weighted by Gasteiger charge is 2.57. The normalized spacial score (nSPS) is 26.7. The Bertz CT molecular complexity index is 981. The molecule has 1 aliphatic heterocycles. The van der Waals surface area contributed by atoms with Crippen LogP contribution in [-0.4, -0.2) is 46.7 Å². The van der Waals surface area contributed by atoms with Gasteiger partial charge in [-0.3, -0.25) is 9.48 Å². The van der Waals surface area contributed by atoms with Crippen LogP contribution < -0.4 is 0 Å². The first-order valence-corrected chi connectivity index (χ1v) is 10.4. The molecule has 1 N–H and O–H groups in total. The third-order valence-electron chi connectivity index (χ3n) is 5.96. The smallest absolute Gasteiger partial charge is 0.311 e. The highest BCUT2D eigenvalue weighted by atomic mass is 32.2. The lowest BCUT2D eigenvalue weighted by Crippen LogP contribution is -2.37. The number of sulfonamides is 1. The molecule has 1 aliphatic carbocycles. The van der Waals surface area contributed by atoms with Crippen LogP contribution in [0.25, 0.3) is 10.9 Å². The van der Waals surface area contributed by atoms with Gasteiger partial charge in [-0.05, 0) is 50.8 Å². The second-order valence-electron chi connectivity index (χ2n) is 7.75. The zero-order chi connectivity index (χ0) is 18.7. The van der Waals surface area contributed by atoms with E-state index in [-0.39, 0.29) is 29.9 Å². The molecule has 1 aromatic carbocycles. The van der Waals surface area contributed by atoms with E-state index >= 15 is 0 Å². The first-order valence-electron chi connectivity index (χ1n) is 8.96. The number of hydrogen-bond donors (Lipinski definition) is 1. The standard InChI is InChI=1S/C18H23N3O4S/c1-12(2)21-16-6-5-15(8-13(16)9-19-21)26(24,25)20-10-14-4-3-7-18(14,11-20)17(22)23/h5-6,8-9,12,14H,3-4,7,10-11H2,1-2H3,(H,22,23)/t14-,18+/m0/s1. The van der Waals surface area contributed by atoms with Crippen molar-refractivity contribution < 1.29 is 18.3 Å². The molecule has 0 radical (unpaired) electrons. The number of nitrogens with zero attached hydrogens (tertiary/aromatic N) is 3. The molecule has 4 rings (SSSR count). The van der Waals surface area contributed by atoms with Crippen LogP contribution in [0.1, 0.15) is 39.2 Å². The van der Waals surface area contributed by atoms with Gasteiger partial charge in [0.25, 0.3) is 0 Å². The molecule has 2 fully saturated rings. The summed E-state index contributed by atoms with van der Waals surface area (Å²) in [5.41, 5.74) is -0.0288. The number of benzene rings is 1. The van der Waals surface area contributed by atoms with Gasteiger partial charge in [0.05, 0.1) is 22.0 Å². The summed E-state index contributed by atoms with van der Waals surface area (Å²) in [5, 5.41) is 14.8. The molecule has 0 spiro atoms. The molecule has 0 amide bonds. The fourth-order valence-electron chi connectivity index (χ4n) is 4.53. The molecule has 1 aromatic heterocycles. The molecular formula is C18H23N3O4S. The third-order valence-corrected chi connectivity index (χ3v) is 7.77. The number of fused-ring (bicyclic) bond motifs is 2. The number of hydrogen-bond acceptors (Lipinski definition) is 4. The lowest BCUT2D eigenvalue weighted by Gasteiger charge is -2.23. The van der Waals surface area contributed by atoms with Gasteiger partial charge < -0.3 is 5.11 Å². The van der Waals surface area contributed by atoms with Crippen molar-refractivity contribution in [2.45, 2.75) is 44.0 Å². The second kappa shape index (κ2) is 5.79. The Morgan fingerprint density at radius 2 is 2.15 bits per heavy atom. The van der Waals surface area contributed by atoms with Gasteiger partial charge >= 0.3 is 5.97 Å². The molecule has 2 heterocycles. The maximum absolute atomic E-state index is 13.1. The van der Waals surface area contributed by atoms with E-state index in [0.29, 0.717) is 6.42 Å². The maximum Gasteiger partial charge on any atom is 0.311 e. The Morgan fingerprint density at radius 1 is 1.38 bits per heavy atom. The maximum atomic E-state index is 13.1. The van der Waals surface area contributed by atoms with E-state index in [1.807, 2.05) is 18.5 Å². The van der Waals surface area contributed by atoms with Crippen molar-refractivity contribution >= 4 is 26.9 Å². The number of carbonyl (C=O) groups is 1. The predicted molar refractivity (Wildman–Crippen MR) is 96.3 cm³/mol. The average molecular weight is 377 g/mol. The Kier molecular flexibility index (Phi) is 3.89. The summed E-state index contributed by atoms with van der Waals surface area (Å²) in [5.74, 6) is -0.964. The Labute approximate surface area is 152 Å². The van der Waals surface area contributed by atoms with Crippen molar-refractivity contribution in [3.8, 4) is 0 Å². The summed E-state index contributed by atoms with van der Waals surface area (Å²) in [7, 11) is -3.72. The lowest BCUT2D eigenvalue weighted by atomic mass is 9.81. The van der Waals surface area contributed by atoms with Gasteiger partial charge in [-0.25, -0.2) is 8.42 Å². The van der Waals surface area contributed by atoms with Gasteiger partial charge in [0.2, 0.25) is 10.0 Å². The summed E-state index contributed by atoms with van der Waals surface area (Å²) in [4.78, 5) is 12.0. The van der Waals surface area contributed by atoms with Gasteiger partial charge in [-0.15, -0.1) is 0 Å². The molecular weight excluding hydrogens is 354 g/mol. The van der Waals surface area contributed by atoms with E-state index < -0.39 is 21.4 Å². The molecule has 0 unspecified atom stereocenters. The van der Waals surface area contributed by atoms with Gasteiger partial charge in [0.1, 0.15) is 0 Å². The van der Waals surface area contributed by atoms with E-state index in [9.17, 15) is 18.3 Å². The van der Waals surface area contributed by atoms with E-state index in [0.717, 1.165) is 23.7 Å². The van der Waals surface area contributed by atoms with Crippen molar-refractivity contribution in [1.29, 1.82) is 0 Å². The van der Waals surface area contributed by atoms with Crippen molar-refractivity contribution in [2.24, 2.45) is 11.3 Å². The van der Waals surface area contributed by atoms with Gasteiger partial charge in [-0.2, -0.15) is 9.40 Å². The van der Waals surface area contributed by atoms with Crippen LogP contribution in [-0.2, 0) is 14.8 Å². The minimum atomic E-state index is -3.72. The van der Waals surface area contributed by atoms with Crippen LogP contribution in [0.3, 0.4) is 0 Å². The number of carboxylic acid groups (broad SMARTS) is 1. The summed E-state index contributed by atoms with van der Waals surface area (Å²) < 4.78 is 29.5. The molecule has 0 bridgehead atoms. The number of rotatable bonds is 4. The molecule has 1 saturated heterocycles. The summed E-state index contributed by atoms with van der Waals surface area (Å²) in [6, 6.07) is 5.19. The van der Waals surface area contributed by atoms with Crippen LogP contribution in [0.15, 0.2) is 29.3 Å². The van der Waals surface area contributed by atoms with Crippen LogP contribution in [0.2, 0.25) is 0 Å². The predicted octanol–water partition coefficient (Wildman–Crippen LogP) is 2.49. The zero-order valence-corrected chi connectivity index (χ0v) is 15.7. The minimum Gasteiger partial charge on any atom is -0.481 e. The monoisotopic (exact) mass is 377 g/mol. The summed E-state index contributed by atoms with van der Waals surface area (Å²) in [6.07, 6.45) is 3.86. The van der Waals surface area contributed by atoms with E-state index in [1.54, 1.807) is 24.4 Å². The van der Waals surface area contributed by atoms with Gasteiger partial charge in [0.15, 0.2) is 0 Å². The van der Waals surface area contributed by atoms with E-state index in [1.165, 1.54) is 4.31 Å². The van der Waals surface area contributed by atoms with Gasteiger partial charge in [-0.1, -0.05) is 6.42 Å². The van der Waals surface area contributed by atoms with Crippen molar-refractivity contribution in [2.75, 3.05) is 13.1 Å². The molecule has 2 aromatic rings. The highest BCUT2D eigenvalue weighted by molar-refractivity contribution is 7.89. The Hall–Kier alpha value is -1.93. The van der Waals surface area contributed by atoms with Crippen molar-refractivity contribution in [3.05, 3.63) is 24.4 Å². The fourth-order valence-corrected chi connectivity index (χ4v) is 6.12. The highest BCUT2D eigenvalue weighted by Crippen LogP contribution is 2.50. The van der Waals surface area contributed by atoms with Crippen molar-refractivity contribution in [3.63, 3.8) is 0 Å². The first-order chi connectivity index (χ1) is 12.3. The Balaban J connectivity index is 1.69. The molecule has 2 aliphatic rings. The molecule has 26 heavy (non-hydrogen) atoms. The van der Waals surface area contributed by atoms with E-state index in [4.69, 9.17) is 0 Å². The van der Waals surface area contributed by atoms with Crippen LogP contribution in [0.5, 0.6) is 0 Å². The molecule has 140 valence electrons. The van der Waals surface area contributed by atoms with Crippen LogP contribution in [0.4, 0.5) is 0 Å². The largest absolute Gasteiger partial charge is 0.481 e. The van der Waals surface area contributed by atoms with E-state index in [2.05, 4.69) is 5.10 Å². The molecule has 8 heteroatoms. The summed E-state index contributed by atoms with van der Waals surface area (Å²) in [6.45, 7) is 4.40. The molecule has 7 nitrogen and oxygen atoms in total. The SMILES string of the molecule is CC(C)n1ncc2cc(S(=O)(=O)N3C[C@@H]4CCC[C@@]4(C(=O)O)C3)ccc21. The minimum absolute atomic E-state index is 0.0681. The fraction of sp³-hybridized carbons (Fsp3) is 0.556. The topological polar surface area (TPSA) is 92.5 Å². The number of aromatic nitrogens is 2. The number of aliphatic carboxylic acids is 1. The zero-order valence-electron chi connectivity index (χ0n) is 14.9. The molecule has 1 saturated carbocycles. The summed E-state index contributed by atoms with van der Waals surface area (Å²) >= 11 is 0. The quantitative estimate of drug-likeness (QED) is 0.884. The van der Waals surface area contributed by atoms with Crippen LogP contribution >= 0.6 is 0 Å². The van der Waals surface area contributed by atoms with Crippen molar-refractivity contribution in [1.82, 2.24) is 14.1 Å². The Morgan fingerprint density at radius 3 is 2.81 bits per heavy atom. The molecule has 2 atom stereocenters. The third kappa shape index (κ3) is 2.39. The second-order valence-corrected chi connectivity index (χ2v) is 9.69. The van der Waals surface area contributed by atoms with Gasteiger partial charge in [0, 0.05) is 24.5 Å².